The average Bonchev–Trinajstić information content (AvgIpc) is 3.36. The number of aryl methyl sites for hydroxylation is 3. The molecule has 0 radical (unpaired) electrons. The first-order valence-electron chi connectivity index (χ1n) is 12.5. The summed E-state index contributed by atoms with van der Waals surface area (Å²) in [6.45, 7) is 5.57. The van der Waals surface area contributed by atoms with Gasteiger partial charge in [-0.1, -0.05) is 17.7 Å². The Morgan fingerprint density at radius 2 is 1.95 bits per heavy atom. The lowest BCUT2D eigenvalue weighted by Gasteiger charge is -2.22. The van der Waals surface area contributed by atoms with Crippen LogP contribution in [0.3, 0.4) is 0 Å². The molecule has 10 heteroatoms. The van der Waals surface area contributed by atoms with Crippen molar-refractivity contribution in [1.29, 1.82) is 0 Å². The van der Waals surface area contributed by atoms with E-state index in [-0.39, 0.29) is 17.5 Å². The van der Waals surface area contributed by atoms with Crippen molar-refractivity contribution in [2.75, 3.05) is 12.4 Å². The number of amides is 1. The van der Waals surface area contributed by atoms with E-state index >= 15 is 0 Å². The van der Waals surface area contributed by atoms with Gasteiger partial charge in [-0.2, -0.15) is 5.10 Å². The monoisotopic (exact) mass is 527 g/mol. The molecule has 0 aliphatic carbocycles. The molecular weight excluding hydrogens is 502 g/mol. The summed E-state index contributed by atoms with van der Waals surface area (Å²) in [5, 5.41) is 13.7. The zero-order chi connectivity index (χ0) is 26.6. The van der Waals surface area contributed by atoms with E-state index in [2.05, 4.69) is 38.7 Å². The molecule has 0 bridgehead atoms. The fraction of sp³-hybridized carbons (Fsp3) is 0.250. The van der Waals surface area contributed by atoms with Crippen LogP contribution in [0.25, 0.3) is 33.1 Å². The molecule has 9 nitrogen and oxygen atoms in total. The van der Waals surface area contributed by atoms with Crippen LogP contribution in [-0.4, -0.2) is 37.3 Å². The predicted molar refractivity (Wildman–Crippen MR) is 149 cm³/mol. The maximum absolute atomic E-state index is 13.6. The van der Waals surface area contributed by atoms with Crippen molar-refractivity contribution in [3.63, 3.8) is 0 Å². The van der Waals surface area contributed by atoms with Crippen LogP contribution in [-0.2, 0) is 13.1 Å². The highest BCUT2D eigenvalue weighted by molar-refractivity contribution is 6.29. The standard InChI is InChI=1S/C28H26ClN7O2/c1-15-11-18(24-19(12-15)28(38)35-9-4-10-36-27(35)20(24)14-32-36)16(2)33-21-7-8-23(29)34-25(21)17-5-6-22(31-13-17)26(37)30-3/h5-8,11-14,16,33H,4,9-10H2,1-3H3,(H,30,37). The van der Waals surface area contributed by atoms with Gasteiger partial charge in [0.1, 0.15) is 16.5 Å². The van der Waals surface area contributed by atoms with Crippen molar-refractivity contribution in [2.45, 2.75) is 39.4 Å². The predicted octanol–water partition coefficient (Wildman–Crippen LogP) is 4.71. The van der Waals surface area contributed by atoms with Gasteiger partial charge in [-0.15, -0.1) is 0 Å². The number of carbonyl (C=O) groups excluding carboxylic acids is 1. The number of rotatable bonds is 5. The van der Waals surface area contributed by atoms with Gasteiger partial charge < -0.3 is 10.6 Å². The number of fused-ring (bicyclic) bond motifs is 2. The zero-order valence-corrected chi connectivity index (χ0v) is 22.0. The van der Waals surface area contributed by atoms with Crippen molar-refractivity contribution in [2.24, 2.45) is 0 Å². The number of aromatic nitrogens is 5. The van der Waals surface area contributed by atoms with E-state index in [1.165, 1.54) is 0 Å². The minimum atomic E-state index is -0.262. The second-order valence-electron chi connectivity index (χ2n) is 9.60. The molecule has 0 saturated carbocycles. The topological polar surface area (TPSA) is 107 Å². The molecule has 5 heterocycles. The minimum Gasteiger partial charge on any atom is -0.377 e. The van der Waals surface area contributed by atoms with Gasteiger partial charge in [0.25, 0.3) is 11.5 Å². The third kappa shape index (κ3) is 3.90. The van der Waals surface area contributed by atoms with Gasteiger partial charge in [-0.25, -0.2) is 9.67 Å². The summed E-state index contributed by atoms with van der Waals surface area (Å²) in [7, 11) is 1.56. The molecule has 6 rings (SSSR count). The summed E-state index contributed by atoms with van der Waals surface area (Å²) in [4.78, 5) is 34.3. The van der Waals surface area contributed by atoms with Gasteiger partial charge >= 0.3 is 0 Å². The van der Waals surface area contributed by atoms with Crippen LogP contribution in [0.1, 0.15) is 41.0 Å². The van der Waals surface area contributed by atoms with E-state index in [9.17, 15) is 9.59 Å². The van der Waals surface area contributed by atoms with Gasteiger partial charge in [0.2, 0.25) is 0 Å². The van der Waals surface area contributed by atoms with Gasteiger partial charge in [0.15, 0.2) is 0 Å². The normalized spacial score (nSPS) is 13.6. The van der Waals surface area contributed by atoms with Crippen molar-refractivity contribution >= 4 is 45.0 Å². The number of halogens is 1. The summed E-state index contributed by atoms with van der Waals surface area (Å²) in [6.07, 6.45) is 4.37. The zero-order valence-electron chi connectivity index (χ0n) is 21.2. The Labute approximate surface area is 223 Å². The van der Waals surface area contributed by atoms with Crippen molar-refractivity contribution in [1.82, 2.24) is 29.6 Å². The molecule has 2 N–H and O–H groups in total. The maximum atomic E-state index is 13.6. The number of anilines is 1. The van der Waals surface area contributed by atoms with Gasteiger partial charge in [-0.3, -0.25) is 19.1 Å². The Morgan fingerprint density at radius 3 is 2.71 bits per heavy atom. The molecule has 1 amide bonds. The molecule has 1 unspecified atom stereocenters. The summed E-state index contributed by atoms with van der Waals surface area (Å²) in [5.41, 5.74) is 5.32. The van der Waals surface area contributed by atoms with E-state index in [1.54, 1.807) is 31.4 Å². The van der Waals surface area contributed by atoms with E-state index < -0.39 is 0 Å². The number of nitrogens with one attached hydrogen (secondary N) is 2. The highest BCUT2D eigenvalue weighted by Crippen LogP contribution is 2.35. The fourth-order valence-corrected chi connectivity index (χ4v) is 5.48. The molecule has 1 atom stereocenters. The lowest BCUT2D eigenvalue weighted by Crippen LogP contribution is -2.27. The molecule has 5 aromatic rings. The van der Waals surface area contributed by atoms with Crippen LogP contribution in [0.5, 0.6) is 0 Å². The average molecular weight is 528 g/mol. The Bertz CT molecular complexity index is 1790. The molecule has 0 spiro atoms. The number of nitrogens with zero attached hydrogens (tertiary/aromatic N) is 5. The first kappa shape index (κ1) is 24.1. The SMILES string of the molecule is CNC(=O)c1ccc(-c2nc(Cl)ccc2NC(C)c2cc(C)cc3c(=O)n4c5c(cnn5CCC4)c23)cn1. The molecular formula is C28H26ClN7O2. The number of hydrogen-bond donors (Lipinski definition) is 2. The highest BCUT2D eigenvalue weighted by atomic mass is 35.5. The molecule has 1 aliphatic heterocycles. The second kappa shape index (κ2) is 9.25. The van der Waals surface area contributed by atoms with E-state index in [1.807, 2.05) is 34.5 Å². The molecule has 1 aromatic carbocycles. The Balaban J connectivity index is 1.46. The number of carbonyl (C=O) groups is 1. The van der Waals surface area contributed by atoms with Crippen LogP contribution in [0.2, 0.25) is 5.15 Å². The quantitative estimate of drug-likeness (QED) is 0.321. The van der Waals surface area contributed by atoms with Crippen molar-refractivity contribution in [3.05, 3.63) is 81.1 Å². The van der Waals surface area contributed by atoms with Crippen LogP contribution in [0.4, 0.5) is 5.69 Å². The summed E-state index contributed by atoms with van der Waals surface area (Å²) < 4.78 is 3.78. The third-order valence-electron chi connectivity index (χ3n) is 7.07. The second-order valence-corrected chi connectivity index (χ2v) is 9.99. The smallest absolute Gasteiger partial charge is 0.269 e. The van der Waals surface area contributed by atoms with Crippen LogP contribution >= 0.6 is 11.6 Å². The van der Waals surface area contributed by atoms with Gasteiger partial charge in [0.05, 0.1) is 17.6 Å². The largest absolute Gasteiger partial charge is 0.377 e. The first-order valence-corrected chi connectivity index (χ1v) is 12.9. The molecule has 1 aliphatic rings. The molecule has 0 saturated heterocycles. The summed E-state index contributed by atoms with van der Waals surface area (Å²) in [6, 6.07) is 11.0. The number of hydrogen-bond acceptors (Lipinski definition) is 6. The third-order valence-corrected chi connectivity index (χ3v) is 7.28. The Hall–Kier alpha value is -4.24. The molecule has 38 heavy (non-hydrogen) atoms. The van der Waals surface area contributed by atoms with E-state index in [0.717, 1.165) is 51.8 Å². The summed E-state index contributed by atoms with van der Waals surface area (Å²) in [5.74, 6) is -0.262. The van der Waals surface area contributed by atoms with Crippen LogP contribution < -0.4 is 16.2 Å². The fourth-order valence-electron chi connectivity index (χ4n) is 5.34. The van der Waals surface area contributed by atoms with Gasteiger partial charge in [-0.05, 0) is 61.7 Å². The lowest BCUT2D eigenvalue weighted by atomic mass is 9.95. The maximum Gasteiger partial charge on any atom is 0.269 e. The number of benzene rings is 1. The van der Waals surface area contributed by atoms with Crippen molar-refractivity contribution in [3.8, 4) is 11.3 Å². The number of pyridine rings is 3. The molecule has 4 aromatic heterocycles. The van der Waals surface area contributed by atoms with Crippen LogP contribution in [0.15, 0.2) is 53.6 Å². The summed E-state index contributed by atoms with van der Waals surface area (Å²) >= 11 is 6.27. The van der Waals surface area contributed by atoms with E-state index in [0.29, 0.717) is 28.5 Å². The van der Waals surface area contributed by atoms with Gasteiger partial charge in [0, 0.05) is 54.1 Å². The van der Waals surface area contributed by atoms with Crippen molar-refractivity contribution < 1.29 is 4.79 Å². The lowest BCUT2D eigenvalue weighted by molar-refractivity contribution is 0.0958. The Kier molecular flexibility index (Phi) is 5.87. The highest BCUT2D eigenvalue weighted by Gasteiger charge is 2.23. The minimum absolute atomic E-state index is 0.0160. The van der Waals surface area contributed by atoms with Crippen LogP contribution in [0, 0.1) is 6.92 Å². The Morgan fingerprint density at radius 1 is 1.11 bits per heavy atom. The molecule has 0 fully saturated rings. The van der Waals surface area contributed by atoms with E-state index in [4.69, 9.17) is 11.6 Å². The molecule has 192 valence electrons. The first-order chi connectivity index (χ1) is 18.4.